The Morgan fingerprint density at radius 2 is 2.05 bits per heavy atom. The molecule has 0 spiro atoms. The fourth-order valence-electron chi connectivity index (χ4n) is 2.82. The van der Waals surface area contributed by atoms with Gasteiger partial charge in [-0.2, -0.15) is 0 Å². The SMILES string of the molecule is NC(Cc1ccccn1)CC1OCCc2ccccc21. The van der Waals surface area contributed by atoms with Crippen molar-refractivity contribution in [1.29, 1.82) is 0 Å². The van der Waals surface area contributed by atoms with E-state index in [9.17, 15) is 0 Å². The molecule has 3 rings (SSSR count). The molecule has 1 aliphatic heterocycles. The maximum atomic E-state index is 6.27. The Balaban J connectivity index is 1.66. The highest BCUT2D eigenvalue weighted by Gasteiger charge is 2.22. The molecule has 0 saturated carbocycles. The molecule has 2 N–H and O–H groups in total. The Kier molecular flexibility index (Phi) is 4.09. The van der Waals surface area contributed by atoms with Crippen LogP contribution in [-0.2, 0) is 17.6 Å². The van der Waals surface area contributed by atoms with Gasteiger partial charge in [0.05, 0.1) is 12.7 Å². The highest BCUT2D eigenvalue weighted by atomic mass is 16.5. The van der Waals surface area contributed by atoms with Gasteiger partial charge in [0, 0.05) is 24.4 Å². The third-order valence-corrected chi connectivity index (χ3v) is 3.81. The minimum atomic E-state index is 0.0704. The van der Waals surface area contributed by atoms with Crippen LogP contribution in [0.5, 0.6) is 0 Å². The lowest BCUT2D eigenvalue weighted by Crippen LogP contribution is -2.28. The largest absolute Gasteiger partial charge is 0.373 e. The van der Waals surface area contributed by atoms with E-state index < -0.39 is 0 Å². The standard InChI is InChI=1S/C17H20N2O/c18-14(11-15-6-3-4-9-19-15)12-17-16-7-2-1-5-13(16)8-10-20-17/h1-7,9,14,17H,8,10-12,18H2. The smallest absolute Gasteiger partial charge is 0.0842 e. The van der Waals surface area contributed by atoms with Crippen molar-refractivity contribution < 1.29 is 4.74 Å². The second kappa shape index (κ2) is 6.16. The minimum absolute atomic E-state index is 0.0704. The molecule has 0 saturated heterocycles. The van der Waals surface area contributed by atoms with Crippen LogP contribution >= 0.6 is 0 Å². The van der Waals surface area contributed by atoms with E-state index in [0.717, 1.165) is 31.6 Å². The van der Waals surface area contributed by atoms with E-state index in [1.165, 1.54) is 11.1 Å². The zero-order valence-electron chi connectivity index (χ0n) is 11.5. The van der Waals surface area contributed by atoms with E-state index >= 15 is 0 Å². The number of hydrogen-bond donors (Lipinski definition) is 1. The van der Waals surface area contributed by atoms with Crippen LogP contribution in [0.3, 0.4) is 0 Å². The first-order valence-electron chi connectivity index (χ1n) is 7.18. The Morgan fingerprint density at radius 3 is 2.90 bits per heavy atom. The summed E-state index contributed by atoms with van der Waals surface area (Å²) in [6.45, 7) is 0.790. The first-order chi connectivity index (χ1) is 9.83. The fraction of sp³-hybridized carbons (Fsp3) is 0.353. The lowest BCUT2D eigenvalue weighted by atomic mass is 9.92. The summed E-state index contributed by atoms with van der Waals surface area (Å²) in [5.41, 5.74) is 10.0. The number of hydrogen-bond acceptors (Lipinski definition) is 3. The van der Waals surface area contributed by atoms with Gasteiger partial charge in [-0.3, -0.25) is 4.98 Å². The zero-order valence-corrected chi connectivity index (χ0v) is 11.5. The number of ether oxygens (including phenoxy) is 1. The molecule has 0 fully saturated rings. The van der Waals surface area contributed by atoms with Crippen molar-refractivity contribution in [2.24, 2.45) is 5.73 Å². The molecule has 2 heterocycles. The van der Waals surface area contributed by atoms with E-state index in [2.05, 4.69) is 29.2 Å². The Labute approximate surface area is 119 Å². The average Bonchev–Trinajstić information content (AvgIpc) is 2.48. The van der Waals surface area contributed by atoms with E-state index in [-0.39, 0.29) is 12.1 Å². The van der Waals surface area contributed by atoms with E-state index in [0.29, 0.717) is 0 Å². The molecule has 20 heavy (non-hydrogen) atoms. The van der Waals surface area contributed by atoms with Crippen LogP contribution in [0.25, 0.3) is 0 Å². The van der Waals surface area contributed by atoms with Crippen LogP contribution in [0, 0.1) is 0 Å². The Morgan fingerprint density at radius 1 is 1.20 bits per heavy atom. The molecule has 2 unspecified atom stereocenters. The molecule has 3 heteroatoms. The van der Waals surface area contributed by atoms with Gasteiger partial charge in [-0.25, -0.2) is 0 Å². The predicted molar refractivity (Wildman–Crippen MR) is 79.4 cm³/mol. The second-order valence-corrected chi connectivity index (χ2v) is 5.33. The topological polar surface area (TPSA) is 48.1 Å². The second-order valence-electron chi connectivity index (χ2n) is 5.33. The van der Waals surface area contributed by atoms with Crippen molar-refractivity contribution in [3.05, 3.63) is 65.5 Å². The third kappa shape index (κ3) is 3.06. The first kappa shape index (κ1) is 13.3. The van der Waals surface area contributed by atoms with Gasteiger partial charge < -0.3 is 10.5 Å². The number of rotatable bonds is 4. The first-order valence-corrected chi connectivity index (χ1v) is 7.18. The van der Waals surface area contributed by atoms with Gasteiger partial charge in [-0.05, 0) is 36.1 Å². The minimum Gasteiger partial charge on any atom is -0.373 e. The highest BCUT2D eigenvalue weighted by molar-refractivity contribution is 5.31. The maximum absolute atomic E-state index is 6.27. The molecule has 0 aliphatic carbocycles. The van der Waals surface area contributed by atoms with Gasteiger partial charge in [-0.15, -0.1) is 0 Å². The molecule has 2 aromatic rings. The van der Waals surface area contributed by atoms with Crippen molar-refractivity contribution >= 4 is 0 Å². The molecule has 1 aromatic carbocycles. The summed E-state index contributed by atoms with van der Waals surface area (Å²) in [5, 5.41) is 0. The Hall–Kier alpha value is -1.71. The number of benzene rings is 1. The van der Waals surface area contributed by atoms with Crippen molar-refractivity contribution in [1.82, 2.24) is 4.98 Å². The average molecular weight is 268 g/mol. The van der Waals surface area contributed by atoms with Crippen LogP contribution < -0.4 is 5.73 Å². The number of pyridine rings is 1. The lowest BCUT2D eigenvalue weighted by molar-refractivity contribution is 0.0321. The highest BCUT2D eigenvalue weighted by Crippen LogP contribution is 2.30. The summed E-state index contributed by atoms with van der Waals surface area (Å²) in [5.74, 6) is 0. The summed E-state index contributed by atoms with van der Waals surface area (Å²) in [4.78, 5) is 4.34. The van der Waals surface area contributed by atoms with Crippen LogP contribution in [0.1, 0.15) is 29.3 Å². The van der Waals surface area contributed by atoms with Gasteiger partial charge in [0.25, 0.3) is 0 Å². The van der Waals surface area contributed by atoms with Crippen molar-refractivity contribution in [2.75, 3.05) is 6.61 Å². The summed E-state index contributed by atoms with van der Waals surface area (Å²) in [6.07, 6.45) is 4.58. The number of nitrogens with zero attached hydrogens (tertiary/aromatic N) is 1. The van der Waals surface area contributed by atoms with Gasteiger partial charge in [-0.1, -0.05) is 30.3 Å². The van der Waals surface area contributed by atoms with Gasteiger partial charge >= 0.3 is 0 Å². The molecule has 2 atom stereocenters. The molecule has 1 aromatic heterocycles. The van der Waals surface area contributed by atoms with Crippen LogP contribution in [0.4, 0.5) is 0 Å². The molecule has 0 amide bonds. The Bertz CT molecular complexity index is 556. The normalized spacial score (nSPS) is 19.4. The van der Waals surface area contributed by atoms with Crippen LogP contribution in [0.15, 0.2) is 48.7 Å². The molecular weight excluding hydrogens is 248 g/mol. The third-order valence-electron chi connectivity index (χ3n) is 3.81. The van der Waals surface area contributed by atoms with Crippen molar-refractivity contribution in [2.45, 2.75) is 31.4 Å². The van der Waals surface area contributed by atoms with Gasteiger partial charge in [0.1, 0.15) is 0 Å². The molecule has 0 radical (unpaired) electrons. The van der Waals surface area contributed by atoms with Crippen LogP contribution in [-0.4, -0.2) is 17.6 Å². The number of nitrogens with two attached hydrogens (primary N) is 1. The maximum Gasteiger partial charge on any atom is 0.0842 e. The van der Waals surface area contributed by atoms with Crippen LogP contribution in [0.2, 0.25) is 0 Å². The predicted octanol–water partition coefficient (Wildman–Crippen LogP) is 2.66. The van der Waals surface area contributed by atoms with E-state index in [1.807, 2.05) is 24.4 Å². The summed E-state index contributed by atoms with van der Waals surface area (Å²) >= 11 is 0. The number of aromatic nitrogens is 1. The van der Waals surface area contributed by atoms with E-state index in [1.54, 1.807) is 0 Å². The molecule has 104 valence electrons. The summed E-state index contributed by atoms with van der Waals surface area (Å²) in [6, 6.07) is 14.5. The van der Waals surface area contributed by atoms with E-state index in [4.69, 9.17) is 10.5 Å². The van der Waals surface area contributed by atoms with Gasteiger partial charge in [0.2, 0.25) is 0 Å². The summed E-state index contributed by atoms with van der Waals surface area (Å²) < 4.78 is 5.91. The summed E-state index contributed by atoms with van der Waals surface area (Å²) in [7, 11) is 0. The quantitative estimate of drug-likeness (QED) is 0.927. The lowest BCUT2D eigenvalue weighted by Gasteiger charge is -2.28. The molecular formula is C17H20N2O. The monoisotopic (exact) mass is 268 g/mol. The molecule has 3 nitrogen and oxygen atoms in total. The zero-order chi connectivity index (χ0) is 13.8. The van der Waals surface area contributed by atoms with Crippen molar-refractivity contribution in [3.8, 4) is 0 Å². The van der Waals surface area contributed by atoms with Gasteiger partial charge in [0.15, 0.2) is 0 Å². The molecule has 0 bridgehead atoms. The van der Waals surface area contributed by atoms with Crippen molar-refractivity contribution in [3.63, 3.8) is 0 Å². The molecule has 1 aliphatic rings. The fourth-order valence-corrected chi connectivity index (χ4v) is 2.82. The number of fused-ring (bicyclic) bond motifs is 1.